The van der Waals surface area contributed by atoms with Crippen molar-refractivity contribution in [2.75, 3.05) is 13.1 Å². The number of hydrogen-bond acceptors (Lipinski definition) is 2. The molecule has 2 rings (SSSR count). The van der Waals surface area contributed by atoms with Crippen molar-refractivity contribution in [3.8, 4) is 0 Å². The molecule has 0 spiro atoms. The Balaban J connectivity index is 2.43. The predicted molar refractivity (Wildman–Crippen MR) is 53.2 cm³/mol. The molecule has 0 aliphatic carbocycles. The van der Waals surface area contributed by atoms with Crippen LogP contribution < -0.4 is 5.32 Å². The zero-order valence-corrected chi connectivity index (χ0v) is 8.86. The second kappa shape index (κ2) is 3.61. The molecule has 0 amide bonds. The van der Waals surface area contributed by atoms with Crippen LogP contribution in [0.4, 0.5) is 13.2 Å². The fourth-order valence-corrected chi connectivity index (χ4v) is 1.82. The van der Waals surface area contributed by atoms with Crippen LogP contribution in [0.25, 0.3) is 0 Å². The first-order valence-corrected chi connectivity index (χ1v) is 5.01. The van der Waals surface area contributed by atoms with Gasteiger partial charge in [-0.05, 0) is 17.7 Å². The summed E-state index contributed by atoms with van der Waals surface area (Å²) in [7, 11) is 0. The molecule has 1 aliphatic heterocycles. The zero-order chi connectivity index (χ0) is 12.0. The third-order valence-corrected chi connectivity index (χ3v) is 2.97. The van der Waals surface area contributed by atoms with E-state index in [4.69, 9.17) is 11.6 Å². The fourth-order valence-electron chi connectivity index (χ4n) is 1.60. The molecule has 88 valence electrons. The molecule has 2 nitrogen and oxygen atoms in total. The quantitative estimate of drug-likeness (QED) is 0.802. The van der Waals surface area contributed by atoms with Gasteiger partial charge in [-0.2, -0.15) is 13.2 Å². The molecule has 16 heavy (non-hydrogen) atoms. The molecular weight excluding hydrogens is 243 g/mol. The predicted octanol–water partition coefficient (Wildman–Crippen LogP) is 2.15. The molecule has 0 saturated carbocycles. The molecule has 1 aromatic rings. The van der Waals surface area contributed by atoms with Gasteiger partial charge in [-0.1, -0.05) is 17.7 Å². The van der Waals surface area contributed by atoms with E-state index in [1.54, 1.807) is 0 Å². The molecule has 0 aromatic heterocycles. The maximum atomic E-state index is 12.6. The van der Waals surface area contributed by atoms with Crippen molar-refractivity contribution in [1.29, 1.82) is 0 Å². The number of β-amino-alcohol motifs (C(OH)–C–C–N with tert-alkyl or cyclic N) is 1. The lowest BCUT2D eigenvalue weighted by Gasteiger charge is -2.38. The van der Waals surface area contributed by atoms with Crippen molar-refractivity contribution in [3.05, 3.63) is 34.3 Å². The normalized spacial score (nSPS) is 19.3. The second-order valence-corrected chi connectivity index (χ2v) is 4.23. The minimum Gasteiger partial charge on any atom is -0.382 e. The first kappa shape index (κ1) is 11.7. The monoisotopic (exact) mass is 251 g/mol. The van der Waals surface area contributed by atoms with Gasteiger partial charge in [0.25, 0.3) is 0 Å². The number of benzene rings is 1. The van der Waals surface area contributed by atoms with Gasteiger partial charge in [-0.25, -0.2) is 0 Å². The van der Waals surface area contributed by atoms with Crippen LogP contribution in [-0.4, -0.2) is 18.2 Å². The topological polar surface area (TPSA) is 32.3 Å². The van der Waals surface area contributed by atoms with Crippen molar-refractivity contribution < 1.29 is 18.3 Å². The van der Waals surface area contributed by atoms with Gasteiger partial charge in [0.15, 0.2) is 0 Å². The highest BCUT2D eigenvalue weighted by molar-refractivity contribution is 6.31. The summed E-state index contributed by atoms with van der Waals surface area (Å²) in [4.78, 5) is 0. The van der Waals surface area contributed by atoms with Crippen LogP contribution in [0.15, 0.2) is 18.2 Å². The second-order valence-electron chi connectivity index (χ2n) is 3.83. The zero-order valence-electron chi connectivity index (χ0n) is 8.11. The number of hydrogen-bond donors (Lipinski definition) is 2. The lowest BCUT2D eigenvalue weighted by molar-refractivity contribution is -0.137. The lowest BCUT2D eigenvalue weighted by atomic mass is 9.87. The molecule has 1 aromatic carbocycles. The van der Waals surface area contributed by atoms with E-state index in [0.29, 0.717) is 0 Å². The lowest BCUT2D eigenvalue weighted by Crippen LogP contribution is -2.56. The van der Waals surface area contributed by atoms with Crippen molar-refractivity contribution in [1.82, 2.24) is 5.32 Å². The third-order valence-electron chi connectivity index (χ3n) is 2.64. The Labute approximate surface area is 95.0 Å². The van der Waals surface area contributed by atoms with Crippen molar-refractivity contribution in [3.63, 3.8) is 0 Å². The van der Waals surface area contributed by atoms with Crippen LogP contribution in [0.5, 0.6) is 0 Å². The minimum atomic E-state index is -4.50. The number of alkyl halides is 3. The van der Waals surface area contributed by atoms with E-state index >= 15 is 0 Å². The number of rotatable bonds is 1. The van der Waals surface area contributed by atoms with E-state index in [1.807, 2.05) is 0 Å². The van der Waals surface area contributed by atoms with E-state index < -0.39 is 17.3 Å². The largest absolute Gasteiger partial charge is 0.417 e. The molecule has 1 saturated heterocycles. The average Bonchev–Trinajstić information content (AvgIpc) is 2.13. The van der Waals surface area contributed by atoms with Crippen LogP contribution in [-0.2, 0) is 11.8 Å². The Kier molecular flexibility index (Phi) is 2.64. The van der Waals surface area contributed by atoms with Gasteiger partial charge in [0.05, 0.1) is 10.6 Å². The van der Waals surface area contributed by atoms with Gasteiger partial charge in [-0.3, -0.25) is 0 Å². The highest BCUT2D eigenvalue weighted by atomic mass is 35.5. The summed E-state index contributed by atoms with van der Waals surface area (Å²) < 4.78 is 37.7. The van der Waals surface area contributed by atoms with E-state index in [-0.39, 0.29) is 23.7 Å². The maximum Gasteiger partial charge on any atom is 0.417 e. The molecule has 0 radical (unpaired) electrons. The van der Waals surface area contributed by atoms with Gasteiger partial charge in [0.2, 0.25) is 0 Å². The van der Waals surface area contributed by atoms with Crippen molar-refractivity contribution in [2.24, 2.45) is 0 Å². The van der Waals surface area contributed by atoms with Crippen molar-refractivity contribution >= 4 is 11.6 Å². The maximum absolute atomic E-state index is 12.6. The third kappa shape index (κ3) is 1.90. The van der Waals surface area contributed by atoms with Gasteiger partial charge < -0.3 is 10.4 Å². The summed E-state index contributed by atoms with van der Waals surface area (Å²) in [5, 5.41) is 12.3. The summed E-state index contributed by atoms with van der Waals surface area (Å²) in [6, 6.07) is 3.48. The molecule has 0 bridgehead atoms. The fraction of sp³-hybridized carbons (Fsp3) is 0.400. The van der Waals surface area contributed by atoms with Gasteiger partial charge in [0.1, 0.15) is 5.60 Å². The summed E-state index contributed by atoms with van der Waals surface area (Å²) >= 11 is 5.47. The van der Waals surface area contributed by atoms with Gasteiger partial charge in [0, 0.05) is 13.1 Å². The number of nitrogens with one attached hydrogen (secondary N) is 1. The standard InChI is InChI=1S/C10H9ClF3NO/c11-8-2-1-6(9(16)4-15-5-9)3-7(8)10(12,13)14/h1-3,15-16H,4-5H2. The van der Waals surface area contributed by atoms with Gasteiger partial charge >= 0.3 is 6.18 Å². The molecule has 0 atom stereocenters. The molecule has 1 heterocycles. The molecule has 2 N–H and O–H groups in total. The molecule has 1 aliphatic rings. The van der Waals surface area contributed by atoms with E-state index in [0.717, 1.165) is 12.1 Å². The average molecular weight is 252 g/mol. The van der Waals surface area contributed by atoms with E-state index in [1.165, 1.54) is 6.07 Å². The van der Waals surface area contributed by atoms with Gasteiger partial charge in [-0.15, -0.1) is 0 Å². The number of halogens is 4. The Morgan fingerprint density at radius 2 is 1.94 bits per heavy atom. The highest BCUT2D eigenvalue weighted by Gasteiger charge is 2.39. The summed E-state index contributed by atoms with van der Waals surface area (Å²) in [5.74, 6) is 0. The first-order valence-electron chi connectivity index (χ1n) is 4.63. The van der Waals surface area contributed by atoms with Crippen LogP contribution >= 0.6 is 11.6 Å². The Morgan fingerprint density at radius 1 is 1.31 bits per heavy atom. The SMILES string of the molecule is OC1(c2ccc(Cl)c(C(F)(F)F)c2)CNC1. The molecular formula is C10H9ClF3NO. The van der Waals surface area contributed by atoms with E-state index in [9.17, 15) is 18.3 Å². The highest BCUT2D eigenvalue weighted by Crippen LogP contribution is 2.37. The summed E-state index contributed by atoms with van der Waals surface area (Å²) in [5.41, 5.74) is -1.88. The van der Waals surface area contributed by atoms with Crippen LogP contribution in [0.3, 0.4) is 0 Å². The van der Waals surface area contributed by atoms with Crippen LogP contribution in [0, 0.1) is 0 Å². The van der Waals surface area contributed by atoms with Crippen molar-refractivity contribution in [2.45, 2.75) is 11.8 Å². The van der Waals surface area contributed by atoms with E-state index in [2.05, 4.69) is 5.32 Å². The summed E-state index contributed by atoms with van der Waals surface area (Å²) in [6.07, 6.45) is -4.50. The molecule has 0 unspecified atom stereocenters. The minimum absolute atomic E-state index is 0.239. The van der Waals surface area contributed by atoms with Crippen LogP contribution in [0.1, 0.15) is 11.1 Å². The molecule has 6 heteroatoms. The smallest absolute Gasteiger partial charge is 0.382 e. The van der Waals surface area contributed by atoms with Crippen LogP contribution in [0.2, 0.25) is 5.02 Å². The Hall–Kier alpha value is -0.780. The molecule has 1 fully saturated rings. The Bertz CT molecular complexity index is 415. The Morgan fingerprint density at radius 3 is 2.38 bits per heavy atom. The summed E-state index contributed by atoms with van der Waals surface area (Å²) in [6.45, 7) is 0.512. The number of aliphatic hydroxyl groups is 1. The first-order chi connectivity index (χ1) is 7.33.